The lowest BCUT2D eigenvalue weighted by Crippen LogP contribution is -2.35. The molecule has 2 amide bonds. The van der Waals surface area contributed by atoms with Crippen LogP contribution >= 0.6 is 35.3 Å². The van der Waals surface area contributed by atoms with Crippen LogP contribution in [0, 0.1) is 0 Å². The summed E-state index contributed by atoms with van der Waals surface area (Å²) in [7, 11) is 0. The summed E-state index contributed by atoms with van der Waals surface area (Å²) in [6.07, 6.45) is -1.58. The Morgan fingerprint density at radius 2 is 1.87 bits per heavy atom. The van der Waals surface area contributed by atoms with Gasteiger partial charge in [0, 0.05) is 53.2 Å². The van der Waals surface area contributed by atoms with Gasteiger partial charge in [0.15, 0.2) is 11.2 Å². The molecule has 0 bridgehead atoms. The highest BCUT2D eigenvalue weighted by atomic mass is 35.5. The van der Waals surface area contributed by atoms with Crippen LogP contribution in [0.3, 0.4) is 0 Å². The third-order valence-electron chi connectivity index (χ3n) is 6.09. The van der Waals surface area contributed by atoms with E-state index in [2.05, 4.69) is 34.4 Å². The van der Waals surface area contributed by atoms with Crippen molar-refractivity contribution in [2.24, 2.45) is 0 Å². The predicted molar refractivity (Wildman–Crippen MR) is 149 cm³/mol. The number of carbonyl (C=O) groups excluding carboxylic acids is 2. The first kappa shape index (κ1) is 29.5. The van der Waals surface area contributed by atoms with Gasteiger partial charge in [-0.15, -0.1) is 23.7 Å². The standard InChI is InChI=1S/C26H26ClFN4O4S.ClH/c1-14(2)32-10-9-20-22(13-32)37-25(31-20)24(34)30-21-12-16(26(35)36)4-3-15(21)11-19(28)23(33)29-18-7-5-17(27)6-8-18;/h3-8,12,14,19H,9-11,13H2,1-2H3,(H,29,33)(H,30,34)(H,35,36);1H. The zero-order chi connectivity index (χ0) is 26.7. The van der Waals surface area contributed by atoms with Gasteiger partial charge in [-0.3, -0.25) is 14.5 Å². The van der Waals surface area contributed by atoms with Crippen molar-refractivity contribution in [3.63, 3.8) is 0 Å². The predicted octanol–water partition coefficient (Wildman–Crippen LogP) is 5.45. The number of amides is 2. The molecule has 0 saturated heterocycles. The maximum atomic E-state index is 14.9. The van der Waals surface area contributed by atoms with Crippen molar-refractivity contribution in [3.8, 4) is 0 Å². The van der Waals surface area contributed by atoms with E-state index in [1.54, 1.807) is 24.3 Å². The van der Waals surface area contributed by atoms with Crippen molar-refractivity contribution >= 4 is 64.5 Å². The summed E-state index contributed by atoms with van der Waals surface area (Å²) >= 11 is 7.13. The lowest BCUT2D eigenvalue weighted by Gasteiger charge is -2.29. The lowest BCUT2D eigenvalue weighted by atomic mass is 10.0. The van der Waals surface area contributed by atoms with Gasteiger partial charge in [-0.2, -0.15) is 0 Å². The van der Waals surface area contributed by atoms with Gasteiger partial charge in [0.1, 0.15) is 0 Å². The van der Waals surface area contributed by atoms with Crippen LogP contribution in [0.25, 0.3) is 0 Å². The number of nitrogens with one attached hydrogen (secondary N) is 2. The van der Waals surface area contributed by atoms with Crippen LogP contribution in [-0.4, -0.2) is 51.5 Å². The van der Waals surface area contributed by atoms with E-state index in [1.807, 2.05) is 0 Å². The highest BCUT2D eigenvalue weighted by molar-refractivity contribution is 7.13. The molecule has 0 fully saturated rings. The molecule has 0 radical (unpaired) electrons. The molecule has 8 nitrogen and oxygen atoms in total. The normalized spacial score (nSPS) is 13.8. The Morgan fingerprint density at radius 1 is 1.16 bits per heavy atom. The molecule has 2 heterocycles. The number of carbonyl (C=O) groups is 3. The van der Waals surface area contributed by atoms with Crippen LogP contribution in [0.4, 0.5) is 15.8 Å². The Balaban J connectivity index is 0.00000400. The Hall–Kier alpha value is -3.05. The summed E-state index contributed by atoms with van der Waals surface area (Å²) in [5.74, 6) is -2.58. The van der Waals surface area contributed by atoms with Gasteiger partial charge < -0.3 is 15.7 Å². The second-order valence-corrected chi connectivity index (χ2v) is 10.5. The number of aromatic carboxylic acids is 1. The molecule has 0 aliphatic carbocycles. The number of aromatic nitrogens is 1. The first-order valence-electron chi connectivity index (χ1n) is 11.7. The minimum atomic E-state index is -1.95. The quantitative estimate of drug-likeness (QED) is 0.326. The average molecular weight is 581 g/mol. The van der Waals surface area contributed by atoms with Crippen LogP contribution in [-0.2, 0) is 24.2 Å². The number of hydrogen-bond donors (Lipinski definition) is 3. The van der Waals surface area contributed by atoms with Gasteiger partial charge in [-0.25, -0.2) is 14.2 Å². The van der Waals surface area contributed by atoms with Crippen LogP contribution in [0.2, 0.25) is 5.02 Å². The van der Waals surface area contributed by atoms with Gasteiger partial charge in [-0.05, 0) is 55.8 Å². The number of rotatable bonds is 8. The van der Waals surface area contributed by atoms with Crippen molar-refractivity contribution in [1.29, 1.82) is 0 Å². The number of benzene rings is 2. The van der Waals surface area contributed by atoms with Gasteiger partial charge in [-0.1, -0.05) is 17.7 Å². The first-order chi connectivity index (χ1) is 17.6. The number of carboxylic acids is 1. The summed E-state index contributed by atoms with van der Waals surface area (Å²) in [5.41, 5.74) is 1.59. The number of nitrogens with zero attached hydrogens (tertiary/aromatic N) is 2. The summed E-state index contributed by atoms with van der Waals surface area (Å²) < 4.78 is 14.9. The molecule has 38 heavy (non-hydrogen) atoms. The van der Waals surface area contributed by atoms with Crippen LogP contribution in [0.15, 0.2) is 42.5 Å². The molecule has 1 atom stereocenters. The molecule has 0 saturated carbocycles. The monoisotopic (exact) mass is 580 g/mol. The Bertz CT molecular complexity index is 1330. The number of halogens is 3. The second-order valence-electron chi connectivity index (χ2n) is 9.00. The third-order valence-corrected chi connectivity index (χ3v) is 7.42. The maximum Gasteiger partial charge on any atom is 0.335 e. The summed E-state index contributed by atoms with van der Waals surface area (Å²) in [5, 5.41) is 15.3. The van der Waals surface area contributed by atoms with Gasteiger partial charge in [0.2, 0.25) is 0 Å². The summed E-state index contributed by atoms with van der Waals surface area (Å²) in [6.45, 7) is 5.80. The fourth-order valence-electron chi connectivity index (χ4n) is 3.97. The van der Waals surface area contributed by atoms with Crippen molar-refractivity contribution < 1.29 is 23.9 Å². The van der Waals surface area contributed by atoms with Crippen LogP contribution in [0.5, 0.6) is 0 Å². The zero-order valence-electron chi connectivity index (χ0n) is 20.7. The molecule has 3 aromatic rings. The van der Waals surface area contributed by atoms with E-state index in [9.17, 15) is 23.9 Å². The average Bonchev–Trinajstić information content (AvgIpc) is 3.30. The van der Waals surface area contributed by atoms with E-state index >= 15 is 0 Å². The molecule has 1 unspecified atom stereocenters. The molecule has 1 aromatic heterocycles. The van der Waals surface area contributed by atoms with Crippen LogP contribution < -0.4 is 10.6 Å². The lowest BCUT2D eigenvalue weighted by molar-refractivity contribution is -0.120. The molecule has 4 rings (SSSR count). The topological polar surface area (TPSA) is 112 Å². The number of fused-ring (bicyclic) bond motifs is 1. The first-order valence-corrected chi connectivity index (χ1v) is 12.9. The molecule has 2 aromatic carbocycles. The van der Waals surface area contributed by atoms with Crippen LogP contribution in [0.1, 0.15) is 50.1 Å². The van der Waals surface area contributed by atoms with Gasteiger partial charge in [0.25, 0.3) is 11.8 Å². The van der Waals surface area contributed by atoms with E-state index in [1.165, 1.54) is 29.5 Å². The van der Waals surface area contributed by atoms with Gasteiger partial charge in [0.05, 0.1) is 11.3 Å². The Kier molecular flexibility index (Phi) is 9.83. The highest BCUT2D eigenvalue weighted by Gasteiger charge is 2.26. The fraction of sp³-hybridized carbons (Fsp3) is 0.308. The zero-order valence-corrected chi connectivity index (χ0v) is 23.1. The van der Waals surface area contributed by atoms with E-state index in [0.29, 0.717) is 23.3 Å². The molecule has 1 aliphatic heterocycles. The number of hydrogen-bond acceptors (Lipinski definition) is 6. The maximum absolute atomic E-state index is 14.9. The van der Waals surface area contributed by atoms with Crippen molar-refractivity contribution in [2.75, 3.05) is 17.2 Å². The van der Waals surface area contributed by atoms with E-state index in [0.717, 1.165) is 23.5 Å². The minimum Gasteiger partial charge on any atom is -0.478 e. The van der Waals surface area contributed by atoms with E-state index < -0.39 is 24.0 Å². The number of carboxylic acid groups (broad SMARTS) is 1. The Morgan fingerprint density at radius 3 is 2.53 bits per heavy atom. The largest absolute Gasteiger partial charge is 0.478 e. The summed E-state index contributed by atoms with van der Waals surface area (Å²) in [6, 6.07) is 10.6. The number of anilines is 2. The smallest absolute Gasteiger partial charge is 0.335 e. The van der Waals surface area contributed by atoms with E-state index in [4.69, 9.17) is 11.6 Å². The highest BCUT2D eigenvalue weighted by Crippen LogP contribution is 2.28. The minimum absolute atomic E-state index is 0. The Labute approximate surface area is 234 Å². The molecular weight excluding hydrogens is 554 g/mol. The van der Waals surface area contributed by atoms with Gasteiger partial charge >= 0.3 is 5.97 Å². The van der Waals surface area contributed by atoms with E-state index in [-0.39, 0.29) is 40.6 Å². The SMILES string of the molecule is CC(C)N1CCc2nc(C(=O)Nc3cc(C(=O)O)ccc3CC(F)C(=O)Nc3ccc(Cl)cc3)sc2C1.Cl. The van der Waals surface area contributed by atoms with Crippen molar-refractivity contribution in [1.82, 2.24) is 9.88 Å². The molecule has 202 valence electrons. The molecule has 0 spiro atoms. The molecule has 1 aliphatic rings. The molecule has 3 N–H and O–H groups in total. The summed E-state index contributed by atoms with van der Waals surface area (Å²) in [4.78, 5) is 44.8. The molecular formula is C26H27Cl2FN4O4S. The van der Waals surface area contributed by atoms with Crippen molar-refractivity contribution in [3.05, 3.63) is 74.2 Å². The number of alkyl halides is 1. The third kappa shape index (κ3) is 7.08. The van der Waals surface area contributed by atoms with Crippen molar-refractivity contribution in [2.45, 2.75) is 45.4 Å². The second kappa shape index (κ2) is 12.7. The fourth-order valence-corrected chi connectivity index (χ4v) is 5.13. The number of thiazole rings is 1. The molecule has 12 heteroatoms.